The van der Waals surface area contributed by atoms with Crippen molar-refractivity contribution in [2.75, 3.05) is 0 Å². The summed E-state index contributed by atoms with van der Waals surface area (Å²) in [5.41, 5.74) is 6.24. The molecule has 1 aromatic rings. The van der Waals surface area contributed by atoms with Gasteiger partial charge in [0, 0.05) is 0 Å². The predicted molar refractivity (Wildman–Crippen MR) is 61.5 cm³/mol. The molecule has 1 aromatic carbocycles. The minimum Gasteiger partial charge on any atom is -0.480 e. The van der Waals surface area contributed by atoms with Gasteiger partial charge < -0.3 is 20.5 Å². The van der Waals surface area contributed by atoms with Gasteiger partial charge in [0.1, 0.15) is 12.1 Å². The van der Waals surface area contributed by atoms with Crippen molar-refractivity contribution in [1.29, 1.82) is 0 Å². The quantitative estimate of drug-likeness (QED) is 0.546. The van der Waals surface area contributed by atoms with Gasteiger partial charge in [-0.15, -0.1) is 0 Å². The molecule has 0 aliphatic carbocycles. The van der Waals surface area contributed by atoms with Crippen LogP contribution in [-0.4, -0.2) is 31.0 Å². The summed E-state index contributed by atoms with van der Waals surface area (Å²) in [5.74, 6) is -1.31. The maximum atomic E-state index is 10.6. The minimum atomic E-state index is -1.93. The van der Waals surface area contributed by atoms with Crippen molar-refractivity contribution in [3.63, 3.8) is 0 Å². The van der Waals surface area contributed by atoms with Gasteiger partial charge >= 0.3 is 5.97 Å². The van der Waals surface area contributed by atoms with Crippen LogP contribution in [-0.2, 0) is 21.6 Å². The molecule has 0 fully saturated rings. The maximum Gasteiger partial charge on any atom is 0.323 e. The van der Waals surface area contributed by atoms with Crippen molar-refractivity contribution >= 4 is 17.0 Å². The molecule has 5 N–H and O–H groups in total. The lowest BCUT2D eigenvalue weighted by Gasteiger charge is -2.15. The van der Waals surface area contributed by atoms with E-state index in [0.717, 1.165) is 0 Å². The Balaban J connectivity index is 2.80. The van der Waals surface area contributed by atoms with Crippen LogP contribution in [0.4, 0.5) is 0 Å². The third-order valence-corrected chi connectivity index (χ3v) is 2.82. The molecule has 3 atom stereocenters. The van der Waals surface area contributed by atoms with E-state index in [2.05, 4.69) is 0 Å². The van der Waals surface area contributed by atoms with Gasteiger partial charge in [0.25, 0.3) is 0 Å². The van der Waals surface area contributed by atoms with Crippen LogP contribution in [0.1, 0.15) is 17.2 Å². The van der Waals surface area contributed by atoms with E-state index < -0.39 is 29.2 Å². The zero-order valence-electron chi connectivity index (χ0n) is 8.81. The van der Waals surface area contributed by atoms with Crippen LogP contribution in [0.15, 0.2) is 24.3 Å². The summed E-state index contributed by atoms with van der Waals surface area (Å²) in [7, 11) is 0. The first-order valence-corrected chi connectivity index (χ1v) is 6.02. The molecule has 0 saturated carbocycles. The van der Waals surface area contributed by atoms with Crippen molar-refractivity contribution < 1.29 is 23.8 Å². The Hall–Kier alpha value is -1.28. The molecular formula is C10H13NO5S. The number of carboxylic acid groups (broad SMARTS) is 1. The number of aliphatic carboxylic acids is 1. The fourth-order valence-corrected chi connectivity index (χ4v) is 1.77. The molecule has 6 nitrogen and oxygen atoms in total. The Morgan fingerprint density at radius 2 is 1.88 bits per heavy atom. The second-order valence-electron chi connectivity index (χ2n) is 3.52. The Labute approximate surface area is 100 Å². The molecule has 17 heavy (non-hydrogen) atoms. The van der Waals surface area contributed by atoms with Gasteiger partial charge in [-0.1, -0.05) is 24.3 Å². The van der Waals surface area contributed by atoms with Gasteiger partial charge in [0.2, 0.25) is 0 Å². The first kappa shape index (κ1) is 13.8. The van der Waals surface area contributed by atoms with Crippen molar-refractivity contribution in [2.24, 2.45) is 5.73 Å². The van der Waals surface area contributed by atoms with Crippen molar-refractivity contribution in [3.8, 4) is 0 Å². The van der Waals surface area contributed by atoms with Crippen LogP contribution in [0.3, 0.4) is 0 Å². The number of hydrogen-bond donors (Lipinski definition) is 4. The summed E-state index contributed by atoms with van der Waals surface area (Å²) in [6, 6.07) is 4.65. The summed E-state index contributed by atoms with van der Waals surface area (Å²) >= 11 is -1.93. The van der Waals surface area contributed by atoms with E-state index in [0.29, 0.717) is 11.1 Å². The molecule has 7 heteroatoms. The Morgan fingerprint density at radius 3 is 2.29 bits per heavy atom. The normalized spacial score (nSPS) is 16.2. The molecule has 0 amide bonds. The number of aliphatic hydroxyl groups is 1. The van der Waals surface area contributed by atoms with Crippen molar-refractivity contribution in [3.05, 3.63) is 35.4 Å². The van der Waals surface area contributed by atoms with Crippen LogP contribution in [0.5, 0.6) is 0 Å². The molecule has 0 heterocycles. The van der Waals surface area contributed by atoms with Gasteiger partial charge in [0.15, 0.2) is 11.1 Å². The molecule has 94 valence electrons. The third-order valence-electron chi connectivity index (χ3n) is 2.24. The predicted octanol–water partition coefficient (Wildman–Crippen LogP) is -0.146. The van der Waals surface area contributed by atoms with Crippen LogP contribution in [0.2, 0.25) is 0 Å². The van der Waals surface area contributed by atoms with Crippen molar-refractivity contribution in [2.45, 2.75) is 17.9 Å². The topological polar surface area (TPSA) is 121 Å². The molecular weight excluding hydrogens is 246 g/mol. The van der Waals surface area contributed by atoms with E-state index >= 15 is 0 Å². The average Bonchev–Trinajstić information content (AvgIpc) is 2.27. The first-order chi connectivity index (χ1) is 7.91. The van der Waals surface area contributed by atoms with Gasteiger partial charge in [0.05, 0.1) is 5.75 Å². The van der Waals surface area contributed by atoms with Gasteiger partial charge in [-0.2, -0.15) is 0 Å². The minimum absolute atomic E-state index is 0.0125. The van der Waals surface area contributed by atoms with E-state index in [1.807, 2.05) is 0 Å². The molecule has 0 aromatic heterocycles. The standard InChI is InChI=1S/C10H13NO5S/c11-8(10(13)14)9(12)7-3-1-6(2-4-7)5-17(15)16/h1-4,8-9,12H,5,11H2,(H,13,14)(H,15,16). The number of benzene rings is 1. The van der Waals surface area contributed by atoms with Crippen LogP contribution in [0, 0.1) is 0 Å². The molecule has 0 spiro atoms. The smallest absolute Gasteiger partial charge is 0.323 e. The second-order valence-corrected chi connectivity index (χ2v) is 4.45. The monoisotopic (exact) mass is 259 g/mol. The van der Waals surface area contributed by atoms with E-state index in [-0.39, 0.29) is 5.75 Å². The van der Waals surface area contributed by atoms with Crippen molar-refractivity contribution in [1.82, 2.24) is 0 Å². The summed E-state index contributed by atoms with van der Waals surface area (Å²) in [6.45, 7) is 0. The average molecular weight is 259 g/mol. The molecule has 0 aliphatic heterocycles. The number of carboxylic acids is 1. The Morgan fingerprint density at radius 1 is 1.35 bits per heavy atom. The van der Waals surface area contributed by atoms with Crippen LogP contribution in [0.25, 0.3) is 0 Å². The fourth-order valence-electron chi connectivity index (χ4n) is 1.30. The number of nitrogens with two attached hydrogens (primary N) is 1. The van der Waals surface area contributed by atoms with E-state index in [4.69, 9.17) is 15.4 Å². The molecule has 0 aliphatic rings. The van der Waals surface area contributed by atoms with Crippen LogP contribution >= 0.6 is 0 Å². The zero-order chi connectivity index (χ0) is 13.0. The SMILES string of the molecule is NC(C(=O)O)C(O)c1ccc(CS(=O)O)cc1. The molecule has 0 bridgehead atoms. The lowest BCUT2D eigenvalue weighted by molar-refractivity contribution is -0.141. The summed E-state index contributed by atoms with van der Waals surface area (Å²) < 4.78 is 19.2. The highest BCUT2D eigenvalue weighted by atomic mass is 32.2. The largest absolute Gasteiger partial charge is 0.480 e. The number of carbonyl (C=O) groups is 1. The molecule has 3 unspecified atom stereocenters. The molecule has 0 saturated heterocycles. The third kappa shape index (κ3) is 3.90. The highest BCUT2D eigenvalue weighted by Gasteiger charge is 2.23. The second kappa shape index (κ2) is 5.87. The zero-order valence-corrected chi connectivity index (χ0v) is 9.63. The van der Waals surface area contributed by atoms with Gasteiger partial charge in [-0.25, -0.2) is 4.21 Å². The van der Waals surface area contributed by atoms with Gasteiger partial charge in [-0.3, -0.25) is 4.79 Å². The number of rotatable bonds is 5. The highest BCUT2D eigenvalue weighted by molar-refractivity contribution is 7.78. The van der Waals surface area contributed by atoms with E-state index in [1.54, 1.807) is 12.1 Å². The molecule has 0 radical (unpaired) electrons. The molecule has 1 rings (SSSR count). The fraction of sp³-hybridized carbons (Fsp3) is 0.300. The lowest BCUT2D eigenvalue weighted by Crippen LogP contribution is -2.36. The van der Waals surface area contributed by atoms with E-state index in [1.165, 1.54) is 12.1 Å². The maximum absolute atomic E-state index is 10.6. The summed E-state index contributed by atoms with van der Waals surface area (Å²) in [5, 5.41) is 18.2. The highest BCUT2D eigenvalue weighted by Crippen LogP contribution is 2.17. The number of hydrogen-bond acceptors (Lipinski definition) is 4. The Kier molecular flexibility index (Phi) is 4.76. The number of aliphatic hydroxyl groups excluding tert-OH is 1. The van der Waals surface area contributed by atoms with Gasteiger partial charge in [-0.05, 0) is 11.1 Å². The first-order valence-electron chi connectivity index (χ1n) is 4.74. The lowest BCUT2D eigenvalue weighted by atomic mass is 10.0. The Bertz CT molecular complexity index is 419. The van der Waals surface area contributed by atoms with E-state index in [9.17, 15) is 14.1 Å². The van der Waals surface area contributed by atoms with Crippen LogP contribution < -0.4 is 5.73 Å². The summed E-state index contributed by atoms with van der Waals surface area (Å²) in [4.78, 5) is 10.6. The summed E-state index contributed by atoms with van der Waals surface area (Å²) in [6.07, 6.45) is -1.30.